The lowest BCUT2D eigenvalue weighted by molar-refractivity contribution is -0.141. The van der Waals surface area contributed by atoms with Crippen molar-refractivity contribution in [2.75, 3.05) is 17.1 Å². The predicted octanol–water partition coefficient (Wildman–Crippen LogP) is 5.94. The minimum Gasteiger partial charge on any atom is -0.352 e. The first-order valence-corrected chi connectivity index (χ1v) is 17.2. The Kier molecular flexibility index (Phi) is 11.4. The number of rotatable bonds is 13. The molecule has 0 bridgehead atoms. The molecule has 1 saturated carbocycles. The topological polar surface area (TPSA) is 86.8 Å². The molecule has 0 radical (unpaired) electrons. The Bertz CT molecular complexity index is 1470. The standard InChI is InChI=1S/C35H45N3O4S/c1-27-15-10-12-19-30(27)26-37(34(39)23-14-24-38(43(3,41)42)32-22-13-11-16-28(32)2)33(25-29-17-6-4-7-18-29)35(40)36-31-20-8-5-9-21-31/h4,6-7,10-13,15-19,22,31,33H,5,8-9,14,20-21,23-26H2,1-3H3,(H,36,40). The quantitative estimate of drug-likeness (QED) is 0.262. The average molecular weight is 604 g/mol. The van der Waals surface area contributed by atoms with E-state index in [4.69, 9.17) is 0 Å². The Morgan fingerprint density at radius 2 is 1.49 bits per heavy atom. The molecule has 230 valence electrons. The second kappa shape index (κ2) is 15.2. The summed E-state index contributed by atoms with van der Waals surface area (Å²) in [6.45, 7) is 4.36. The van der Waals surface area contributed by atoms with Crippen LogP contribution < -0.4 is 9.62 Å². The minimum atomic E-state index is -3.56. The van der Waals surface area contributed by atoms with Gasteiger partial charge in [-0.3, -0.25) is 13.9 Å². The average Bonchev–Trinajstić information content (AvgIpc) is 2.99. The lowest BCUT2D eigenvalue weighted by Gasteiger charge is -2.34. The number of hydrogen-bond acceptors (Lipinski definition) is 4. The molecular weight excluding hydrogens is 558 g/mol. The molecule has 0 aliphatic heterocycles. The van der Waals surface area contributed by atoms with E-state index in [0.717, 1.165) is 47.9 Å². The van der Waals surface area contributed by atoms with Gasteiger partial charge >= 0.3 is 0 Å². The van der Waals surface area contributed by atoms with Crippen molar-refractivity contribution in [3.05, 3.63) is 101 Å². The molecule has 0 saturated heterocycles. The Labute approximate surface area is 257 Å². The van der Waals surface area contributed by atoms with Crippen molar-refractivity contribution >= 4 is 27.5 Å². The molecule has 1 fully saturated rings. The first kappa shape index (κ1) is 32.3. The van der Waals surface area contributed by atoms with Crippen LogP contribution in [-0.4, -0.2) is 50.0 Å². The van der Waals surface area contributed by atoms with Crippen LogP contribution in [0.25, 0.3) is 0 Å². The van der Waals surface area contributed by atoms with Gasteiger partial charge in [0.1, 0.15) is 6.04 Å². The Hall–Kier alpha value is -3.65. The summed E-state index contributed by atoms with van der Waals surface area (Å²) in [5.74, 6) is -0.295. The third-order valence-corrected chi connectivity index (χ3v) is 9.54. The van der Waals surface area contributed by atoms with Gasteiger partial charge in [0.2, 0.25) is 21.8 Å². The number of nitrogens with one attached hydrogen (secondary N) is 1. The Morgan fingerprint density at radius 1 is 0.860 bits per heavy atom. The van der Waals surface area contributed by atoms with Crippen LogP contribution in [0.2, 0.25) is 0 Å². The number of anilines is 1. The van der Waals surface area contributed by atoms with E-state index in [1.54, 1.807) is 11.0 Å². The summed E-state index contributed by atoms with van der Waals surface area (Å²) in [6.07, 6.45) is 7.32. The number of nitrogens with zero attached hydrogens (tertiary/aromatic N) is 2. The van der Waals surface area contributed by atoms with E-state index in [0.29, 0.717) is 25.1 Å². The number of hydrogen-bond donors (Lipinski definition) is 1. The number of aryl methyl sites for hydroxylation is 2. The number of amides is 2. The van der Waals surface area contributed by atoms with Crippen LogP contribution in [0.3, 0.4) is 0 Å². The van der Waals surface area contributed by atoms with Crippen molar-refractivity contribution in [1.82, 2.24) is 10.2 Å². The Balaban J connectivity index is 1.60. The zero-order valence-corrected chi connectivity index (χ0v) is 26.5. The molecule has 3 aromatic rings. The smallest absolute Gasteiger partial charge is 0.243 e. The van der Waals surface area contributed by atoms with Gasteiger partial charge in [-0.15, -0.1) is 0 Å². The zero-order valence-electron chi connectivity index (χ0n) is 25.7. The highest BCUT2D eigenvalue weighted by molar-refractivity contribution is 7.92. The van der Waals surface area contributed by atoms with Crippen molar-refractivity contribution < 1.29 is 18.0 Å². The molecule has 7 nitrogen and oxygen atoms in total. The molecule has 43 heavy (non-hydrogen) atoms. The van der Waals surface area contributed by atoms with Crippen LogP contribution in [0.15, 0.2) is 78.9 Å². The largest absolute Gasteiger partial charge is 0.352 e. The monoisotopic (exact) mass is 603 g/mol. The van der Waals surface area contributed by atoms with E-state index in [9.17, 15) is 18.0 Å². The van der Waals surface area contributed by atoms with E-state index in [2.05, 4.69) is 5.32 Å². The molecule has 1 atom stereocenters. The van der Waals surface area contributed by atoms with Gasteiger partial charge in [0.05, 0.1) is 11.9 Å². The highest BCUT2D eigenvalue weighted by Gasteiger charge is 2.32. The fourth-order valence-electron chi connectivity index (χ4n) is 5.89. The molecule has 8 heteroatoms. The summed E-state index contributed by atoms with van der Waals surface area (Å²) in [5.41, 5.74) is 4.48. The van der Waals surface area contributed by atoms with Gasteiger partial charge in [-0.25, -0.2) is 8.42 Å². The number of para-hydroxylation sites is 1. The van der Waals surface area contributed by atoms with E-state index >= 15 is 0 Å². The van der Waals surface area contributed by atoms with Crippen molar-refractivity contribution in [3.8, 4) is 0 Å². The minimum absolute atomic E-state index is 0.117. The second-order valence-corrected chi connectivity index (χ2v) is 13.6. The molecular formula is C35H45N3O4S. The van der Waals surface area contributed by atoms with Crippen molar-refractivity contribution in [3.63, 3.8) is 0 Å². The highest BCUT2D eigenvalue weighted by Crippen LogP contribution is 2.24. The van der Waals surface area contributed by atoms with Crippen molar-refractivity contribution in [2.24, 2.45) is 0 Å². The SMILES string of the molecule is Cc1ccccc1CN(C(=O)CCCN(c1ccccc1C)S(C)(=O)=O)C(Cc1ccccc1)C(=O)NC1CCCCC1. The second-order valence-electron chi connectivity index (χ2n) is 11.7. The molecule has 1 aliphatic carbocycles. The molecule has 1 aliphatic rings. The highest BCUT2D eigenvalue weighted by atomic mass is 32.2. The number of carbonyl (C=O) groups is 2. The van der Waals surface area contributed by atoms with E-state index < -0.39 is 16.1 Å². The molecule has 3 aromatic carbocycles. The van der Waals surface area contributed by atoms with Crippen molar-refractivity contribution in [2.45, 2.75) is 83.8 Å². The van der Waals surface area contributed by atoms with Crippen LogP contribution in [0.4, 0.5) is 5.69 Å². The van der Waals surface area contributed by atoms with Crippen LogP contribution in [0, 0.1) is 13.8 Å². The Morgan fingerprint density at radius 3 is 2.14 bits per heavy atom. The predicted molar refractivity (Wildman–Crippen MR) is 173 cm³/mol. The van der Waals surface area contributed by atoms with E-state index in [1.807, 2.05) is 86.6 Å². The van der Waals surface area contributed by atoms with Gasteiger partial charge < -0.3 is 10.2 Å². The first-order valence-electron chi connectivity index (χ1n) is 15.3. The summed E-state index contributed by atoms with van der Waals surface area (Å²) < 4.78 is 26.9. The third kappa shape index (κ3) is 9.17. The normalized spacial score (nSPS) is 14.6. The van der Waals surface area contributed by atoms with Gasteiger partial charge in [0.15, 0.2) is 0 Å². The fourth-order valence-corrected chi connectivity index (χ4v) is 6.92. The first-order chi connectivity index (χ1) is 20.6. The van der Waals surface area contributed by atoms with Crippen LogP contribution in [-0.2, 0) is 32.6 Å². The lowest BCUT2D eigenvalue weighted by atomic mass is 9.94. The summed E-state index contributed by atoms with van der Waals surface area (Å²) in [6, 6.07) is 24.5. The van der Waals surface area contributed by atoms with Crippen LogP contribution in [0.5, 0.6) is 0 Å². The maximum absolute atomic E-state index is 14.1. The summed E-state index contributed by atoms with van der Waals surface area (Å²) in [4.78, 5) is 29.8. The maximum atomic E-state index is 14.1. The summed E-state index contributed by atoms with van der Waals surface area (Å²) in [5, 5.41) is 3.28. The zero-order chi connectivity index (χ0) is 30.8. The molecule has 2 amide bonds. The van der Waals surface area contributed by atoms with E-state index in [1.165, 1.54) is 17.0 Å². The molecule has 0 heterocycles. The third-order valence-electron chi connectivity index (χ3n) is 8.36. The van der Waals surface area contributed by atoms with Gasteiger partial charge in [-0.05, 0) is 61.4 Å². The van der Waals surface area contributed by atoms with E-state index in [-0.39, 0.29) is 30.8 Å². The number of sulfonamides is 1. The number of carbonyl (C=O) groups excluding carboxylic acids is 2. The van der Waals surface area contributed by atoms with Gasteiger partial charge in [-0.1, -0.05) is 92.1 Å². The fraction of sp³-hybridized carbons (Fsp3) is 0.429. The lowest BCUT2D eigenvalue weighted by Crippen LogP contribution is -2.53. The van der Waals surface area contributed by atoms with Gasteiger partial charge in [0.25, 0.3) is 0 Å². The van der Waals surface area contributed by atoms with Crippen molar-refractivity contribution in [1.29, 1.82) is 0 Å². The molecule has 1 N–H and O–H groups in total. The molecule has 4 rings (SSSR count). The van der Waals surface area contributed by atoms with Crippen LogP contribution in [0.1, 0.15) is 67.2 Å². The maximum Gasteiger partial charge on any atom is 0.243 e. The summed E-state index contributed by atoms with van der Waals surface area (Å²) >= 11 is 0. The van der Waals surface area contributed by atoms with Gasteiger partial charge in [-0.2, -0.15) is 0 Å². The van der Waals surface area contributed by atoms with Gasteiger partial charge in [0, 0.05) is 32.0 Å². The molecule has 1 unspecified atom stereocenters. The van der Waals surface area contributed by atoms with Crippen LogP contribution >= 0.6 is 0 Å². The molecule has 0 spiro atoms. The number of benzene rings is 3. The summed E-state index contributed by atoms with van der Waals surface area (Å²) in [7, 11) is -3.56. The molecule has 0 aromatic heterocycles.